The van der Waals surface area contributed by atoms with Gasteiger partial charge in [-0.05, 0) is 48.2 Å². The minimum Gasteiger partial charge on any atom is -0.352 e. The van der Waals surface area contributed by atoms with Gasteiger partial charge < -0.3 is 5.32 Å². The molecule has 0 saturated carbocycles. The Bertz CT molecular complexity index is 976. The first-order chi connectivity index (χ1) is 13.7. The van der Waals surface area contributed by atoms with Crippen molar-refractivity contribution in [3.05, 3.63) is 69.5 Å². The van der Waals surface area contributed by atoms with Gasteiger partial charge in [-0.1, -0.05) is 41.4 Å². The van der Waals surface area contributed by atoms with E-state index < -0.39 is 10.0 Å². The summed E-state index contributed by atoms with van der Waals surface area (Å²) < 4.78 is 39.8. The van der Waals surface area contributed by atoms with E-state index in [1.54, 1.807) is 24.3 Å². The number of amides is 1. The Morgan fingerprint density at radius 2 is 1.76 bits per heavy atom. The smallest absolute Gasteiger partial charge is 0.223 e. The Balaban J connectivity index is 1.52. The lowest BCUT2D eigenvalue weighted by molar-refractivity contribution is -0.126. The molecule has 0 bridgehead atoms. The third-order valence-electron chi connectivity index (χ3n) is 4.95. The van der Waals surface area contributed by atoms with Crippen molar-refractivity contribution < 1.29 is 17.6 Å². The molecule has 29 heavy (non-hydrogen) atoms. The highest BCUT2D eigenvalue weighted by molar-refractivity contribution is 7.88. The maximum Gasteiger partial charge on any atom is 0.223 e. The number of sulfonamides is 1. The zero-order valence-corrected chi connectivity index (χ0v) is 17.9. The van der Waals surface area contributed by atoms with Crippen molar-refractivity contribution in [2.75, 3.05) is 13.1 Å². The number of piperidine rings is 1. The Hall–Kier alpha value is -1.67. The lowest BCUT2D eigenvalue weighted by Crippen LogP contribution is -2.43. The Labute approximate surface area is 179 Å². The molecule has 9 heteroatoms. The van der Waals surface area contributed by atoms with E-state index in [-0.39, 0.29) is 36.5 Å². The highest BCUT2D eigenvalue weighted by atomic mass is 35.5. The van der Waals surface area contributed by atoms with Gasteiger partial charge in [-0.3, -0.25) is 4.79 Å². The number of hydrogen-bond donors (Lipinski definition) is 1. The number of nitrogens with one attached hydrogen (secondary N) is 1. The van der Waals surface area contributed by atoms with Gasteiger partial charge in [0.1, 0.15) is 5.82 Å². The standard InChI is InChI=1S/C20H21Cl2FN2O3S/c21-17-4-3-16(19(22)11-17)13-29(27,28)25-9-7-15(8-10-25)20(26)24-12-14-1-5-18(23)6-2-14/h1-6,11,15H,7-10,12-13H2,(H,24,26). The van der Waals surface area contributed by atoms with Crippen molar-refractivity contribution in [1.29, 1.82) is 0 Å². The van der Waals surface area contributed by atoms with Crippen LogP contribution in [0.2, 0.25) is 10.0 Å². The van der Waals surface area contributed by atoms with Crippen molar-refractivity contribution in [1.82, 2.24) is 9.62 Å². The van der Waals surface area contributed by atoms with Gasteiger partial charge in [-0.15, -0.1) is 0 Å². The van der Waals surface area contributed by atoms with E-state index in [1.807, 2.05) is 0 Å². The first-order valence-electron chi connectivity index (χ1n) is 9.18. The monoisotopic (exact) mass is 458 g/mol. The number of rotatable bonds is 6. The van der Waals surface area contributed by atoms with Crippen LogP contribution >= 0.6 is 23.2 Å². The van der Waals surface area contributed by atoms with E-state index in [2.05, 4.69) is 5.32 Å². The lowest BCUT2D eigenvalue weighted by Gasteiger charge is -2.30. The van der Waals surface area contributed by atoms with E-state index in [4.69, 9.17) is 23.2 Å². The van der Waals surface area contributed by atoms with Crippen LogP contribution in [0.25, 0.3) is 0 Å². The number of carbonyl (C=O) groups is 1. The summed E-state index contributed by atoms with van der Waals surface area (Å²) in [4.78, 5) is 12.4. The van der Waals surface area contributed by atoms with Crippen LogP contribution in [0.1, 0.15) is 24.0 Å². The van der Waals surface area contributed by atoms with Crippen LogP contribution in [0.15, 0.2) is 42.5 Å². The van der Waals surface area contributed by atoms with Gasteiger partial charge in [0, 0.05) is 35.6 Å². The molecule has 0 aliphatic carbocycles. The molecule has 0 aromatic heterocycles. The van der Waals surface area contributed by atoms with E-state index in [9.17, 15) is 17.6 Å². The van der Waals surface area contributed by atoms with Gasteiger partial charge in [0.05, 0.1) is 5.75 Å². The maximum absolute atomic E-state index is 12.9. The fraction of sp³-hybridized carbons (Fsp3) is 0.350. The molecule has 0 unspecified atom stereocenters. The summed E-state index contributed by atoms with van der Waals surface area (Å²) >= 11 is 11.9. The van der Waals surface area contributed by atoms with Gasteiger partial charge in [-0.2, -0.15) is 0 Å². The van der Waals surface area contributed by atoms with Gasteiger partial charge >= 0.3 is 0 Å². The fourth-order valence-corrected chi connectivity index (χ4v) is 5.41. The molecular formula is C20H21Cl2FN2O3S. The lowest BCUT2D eigenvalue weighted by atomic mass is 9.97. The summed E-state index contributed by atoms with van der Waals surface area (Å²) in [5, 5.41) is 3.60. The Kier molecular flexibility index (Phi) is 7.16. The zero-order valence-electron chi connectivity index (χ0n) is 15.6. The molecule has 1 aliphatic heterocycles. The highest BCUT2D eigenvalue weighted by Crippen LogP contribution is 2.26. The van der Waals surface area contributed by atoms with E-state index in [0.29, 0.717) is 35.0 Å². The van der Waals surface area contributed by atoms with Crippen molar-refractivity contribution in [3.8, 4) is 0 Å². The molecular weight excluding hydrogens is 438 g/mol. The maximum atomic E-state index is 12.9. The topological polar surface area (TPSA) is 66.5 Å². The summed E-state index contributed by atoms with van der Waals surface area (Å²) in [6.45, 7) is 0.872. The predicted octanol–water partition coefficient (Wildman–Crippen LogP) is 3.99. The summed E-state index contributed by atoms with van der Waals surface area (Å²) in [7, 11) is -3.54. The third kappa shape index (κ3) is 5.92. The second-order valence-corrected chi connectivity index (χ2v) is 9.82. The fourth-order valence-electron chi connectivity index (χ4n) is 3.26. The SMILES string of the molecule is O=C(NCc1ccc(F)cc1)C1CCN(S(=O)(=O)Cc2ccc(Cl)cc2Cl)CC1. The second-order valence-electron chi connectivity index (χ2n) is 7.01. The Morgan fingerprint density at radius 1 is 1.10 bits per heavy atom. The normalized spacial score (nSPS) is 16.0. The van der Waals surface area contributed by atoms with Crippen LogP contribution < -0.4 is 5.32 Å². The molecule has 2 aromatic rings. The largest absolute Gasteiger partial charge is 0.352 e. The number of hydrogen-bond acceptors (Lipinski definition) is 3. The van der Waals surface area contributed by atoms with Crippen LogP contribution in [-0.4, -0.2) is 31.7 Å². The predicted molar refractivity (Wildman–Crippen MR) is 112 cm³/mol. The molecule has 3 rings (SSSR count). The third-order valence-corrected chi connectivity index (χ3v) is 7.37. The van der Waals surface area contributed by atoms with E-state index in [0.717, 1.165) is 5.56 Å². The quantitative estimate of drug-likeness (QED) is 0.711. The van der Waals surface area contributed by atoms with Crippen LogP contribution in [0, 0.1) is 11.7 Å². The molecule has 0 radical (unpaired) electrons. The van der Waals surface area contributed by atoms with Crippen molar-refractivity contribution in [2.45, 2.75) is 25.1 Å². The molecule has 156 valence electrons. The first kappa shape index (κ1) is 22.0. The van der Waals surface area contributed by atoms with Crippen molar-refractivity contribution in [3.63, 3.8) is 0 Å². The summed E-state index contributed by atoms with van der Waals surface area (Å²) in [6, 6.07) is 10.7. The minimum atomic E-state index is -3.54. The molecule has 2 aromatic carbocycles. The first-order valence-corrected chi connectivity index (χ1v) is 11.5. The number of benzene rings is 2. The Morgan fingerprint density at radius 3 is 2.38 bits per heavy atom. The molecule has 5 nitrogen and oxygen atoms in total. The van der Waals surface area contributed by atoms with Crippen molar-refractivity contribution >= 4 is 39.1 Å². The van der Waals surface area contributed by atoms with Crippen LogP contribution in [0.3, 0.4) is 0 Å². The summed E-state index contributed by atoms with van der Waals surface area (Å²) in [5.74, 6) is -0.897. The molecule has 0 spiro atoms. The summed E-state index contributed by atoms with van der Waals surface area (Å²) in [6.07, 6.45) is 0.895. The summed E-state index contributed by atoms with van der Waals surface area (Å²) in [5.41, 5.74) is 1.30. The van der Waals surface area contributed by atoms with Gasteiger partial charge in [0.2, 0.25) is 15.9 Å². The zero-order chi connectivity index (χ0) is 21.0. The van der Waals surface area contributed by atoms with Crippen LogP contribution in [0.5, 0.6) is 0 Å². The van der Waals surface area contributed by atoms with E-state index >= 15 is 0 Å². The second kappa shape index (κ2) is 9.43. The molecule has 1 heterocycles. The highest BCUT2D eigenvalue weighted by Gasteiger charge is 2.31. The van der Waals surface area contributed by atoms with E-state index in [1.165, 1.54) is 22.5 Å². The molecule has 1 amide bonds. The van der Waals surface area contributed by atoms with Gasteiger partial charge in [-0.25, -0.2) is 17.1 Å². The van der Waals surface area contributed by atoms with Gasteiger partial charge in [0.15, 0.2) is 0 Å². The molecule has 1 aliphatic rings. The number of halogens is 3. The van der Waals surface area contributed by atoms with Gasteiger partial charge in [0.25, 0.3) is 0 Å². The minimum absolute atomic E-state index is 0.118. The average Bonchev–Trinajstić information content (AvgIpc) is 2.69. The van der Waals surface area contributed by atoms with Crippen LogP contribution in [0.4, 0.5) is 4.39 Å². The molecule has 1 saturated heterocycles. The van der Waals surface area contributed by atoms with Crippen molar-refractivity contribution in [2.24, 2.45) is 5.92 Å². The molecule has 1 N–H and O–H groups in total. The number of carbonyl (C=O) groups excluding carboxylic acids is 1. The molecule has 1 fully saturated rings. The van der Waals surface area contributed by atoms with Crippen LogP contribution in [-0.2, 0) is 27.1 Å². The number of nitrogens with zero attached hydrogens (tertiary/aromatic N) is 1. The molecule has 0 atom stereocenters. The average molecular weight is 459 g/mol.